The van der Waals surface area contributed by atoms with Crippen LogP contribution in [0.1, 0.15) is 26.7 Å². The van der Waals surface area contributed by atoms with Gasteiger partial charge < -0.3 is 15.1 Å². The lowest BCUT2D eigenvalue weighted by molar-refractivity contribution is 0.0802. The van der Waals surface area contributed by atoms with E-state index >= 15 is 0 Å². The average molecular weight is 175 g/mol. The summed E-state index contributed by atoms with van der Waals surface area (Å²) in [5.41, 5.74) is 0. The summed E-state index contributed by atoms with van der Waals surface area (Å²) in [6, 6.07) is 0. The molecule has 0 unspecified atom stereocenters. The molecule has 74 valence electrons. The standard InChI is InChI=1S/C9H21NO2/c1-4-8(11)6-10(3)7-9(12)5-2/h8-9,11-12H,4-7H2,1-3H3/t8-,9-/m0/s1. The summed E-state index contributed by atoms with van der Waals surface area (Å²) in [4.78, 5) is 1.96. The zero-order chi connectivity index (χ0) is 9.56. The van der Waals surface area contributed by atoms with Crippen LogP contribution in [0, 0.1) is 0 Å². The van der Waals surface area contributed by atoms with Gasteiger partial charge >= 0.3 is 0 Å². The summed E-state index contributed by atoms with van der Waals surface area (Å²) in [7, 11) is 1.91. The number of hydrogen-bond donors (Lipinski definition) is 2. The van der Waals surface area contributed by atoms with Crippen molar-refractivity contribution in [3.8, 4) is 0 Å². The molecule has 12 heavy (non-hydrogen) atoms. The summed E-state index contributed by atoms with van der Waals surface area (Å²) in [6.45, 7) is 5.20. The zero-order valence-corrected chi connectivity index (χ0v) is 8.32. The van der Waals surface area contributed by atoms with Gasteiger partial charge in [0.1, 0.15) is 0 Å². The maximum absolute atomic E-state index is 9.29. The van der Waals surface area contributed by atoms with Crippen molar-refractivity contribution in [3.05, 3.63) is 0 Å². The van der Waals surface area contributed by atoms with Crippen molar-refractivity contribution in [3.63, 3.8) is 0 Å². The van der Waals surface area contributed by atoms with E-state index < -0.39 is 0 Å². The van der Waals surface area contributed by atoms with Crippen LogP contribution in [0.4, 0.5) is 0 Å². The molecule has 0 rings (SSSR count). The SMILES string of the molecule is CC[C@H](O)CN(C)C[C@@H](O)CC. The molecule has 3 nitrogen and oxygen atoms in total. The molecule has 0 spiro atoms. The third kappa shape index (κ3) is 5.52. The number of hydrogen-bond acceptors (Lipinski definition) is 3. The van der Waals surface area contributed by atoms with Crippen LogP contribution in [0.15, 0.2) is 0 Å². The van der Waals surface area contributed by atoms with Gasteiger partial charge in [0.2, 0.25) is 0 Å². The van der Waals surface area contributed by atoms with Crippen LogP contribution in [0.3, 0.4) is 0 Å². The third-order valence-corrected chi connectivity index (χ3v) is 1.99. The van der Waals surface area contributed by atoms with E-state index in [1.807, 2.05) is 25.8 Å². The van der Waals surface area contributed by atoms with E-state index in [1.54, 1.807) is 0 Å². The summed E-state index contributed by atoms with van der Waals surface area (Å²) in [5, 5.41) is 18.6. The van der Waals surface area contributed by atoms with Crippen molar-refractivity contribution < 1.29 is 10.2 Å². The van der Waals surface area contributed by atoms with Gasteiger partial charge in [0.15, 0.2) is 0 Å². The molecule has 0 aliphatic carbocycles. The van der Waals surface area contributed by atoms with Crippen LogP contribution in [-0.4, -0.2) is 47.5 Å². The number of rotatable bonds is 6. The Morgan fingerprint density at radius 2 is 1.33 bits per heavy atom. The van der Waals surface area contributed by atoms with Gasteiger partial charge in [0.25, 0.3) is 0 Å². The minimum atomic E-state index is -0.265. The minimum Gasteiger partial charge on any atom is -0.392 e. The molecule has 0 bridgehead atoms. The first-order chi connectivity index (χ1) is 5.60. The minimum absolute atomic E-state index is 0.265. The van der Waals surface area contributed by atoms with Crippen molar-refractivity contribution in [2.75, 3.05) is 20.1 Å². The second-order valence-corrected chi connectivity index (χ2v) is 3.35. The lowest BCUT2D eigenvalue weighted by Gasteiger charge is -2.21. The highest BCUT2D eigenvalue weighted by atomic mass is 16.3. The Labute approximate surface area is 75.0 Å². The molecule has 0 aliphatic heterocycles. The second-order valence-electron chi connectivity index (χ2n) is 3.35. The third-order valence-electron chi connectivity index (χ3n) is 1.99. The van der Waals surface area contributed by atoms with Gasteiger partial charge in [-0.2, -0.15) is 0 Å². The molecule has 0 saturated carbocycles. The smallest absolute Gasteiger partial charge is 0.0664 e. The van der Waals surface area contributed by atoms with E-state index in [0.717, 1.165) is 12.8 Å². The normalized spacial score (nSPS) is 16.5. The molecule has 0 aromatic rings. The quantitative estimate of drug-likeness (QED) is 0.616. The first-order valence-corrected chi connectivity index (χ1v) is 4.64. The van der Waals surface area contributed by atoms with Crippen LogP contribution >= 0.6 is 0 Å². The lowest BCUT2D eigenvalue weighted by atomic mass is 10.2. The van der Waals surface area contributed by atoms with Crippen LogP contribution in [0.5, 0.6) is 0 Å². The van der Waals surface area contributed by atoms with Gasteiger partial charge in [-0.15, -0.1) is 0 Å². The largest absolute Gasteiger partial charge is 0.392 e. The number of nitrogens with zero attached hydrogens (tertiary/aromatic N) is 1. The first-order valence-electron chi connectivity index (χ1n) is 4.64. The van der Waals surface area contributed by atoms with E-state index in [4.69, 9.17) is 0 Å². The van der Waals surface area contributed by atoms with Gasteiger partial charge in [-0.1, -0.05) is 13.8 Å². The van der Waals surface area contributed by atoms with Crippen LogP contribution in [-0.2, 0) is 0 Å². The van der Waals surface area contributed by atoms with Gasteiger partial charge in [-0.05, 0) is 19.9 Å². The Morgan fingerprint density at radius 1 is 1.00 bits per heavy atom. The molecule has 2 atom stereocenters. The van der Waals surface area contributed by atoms with E-state index in [9.17, 15) is 10.2 Å². The Hall–Kier alpha value is -0.120. The lowest BCUT2D eigenvalue weighted by Crippen LogP contribution is -2.34. The topological polar surface area (TPSA) is 43.7 Å². The Morgan fingerprint density at radius 3 is 1.58 bits per heavy atom. The summed E-state index contributed by atoms with van der Waals surface area (Å²) < 4.78 is 0. The predicted molar refractivity (Wildman–Crippen MR) is 50.1 cm³/mol. The molecule has 3 heteroatoms. The highest BCUT2D eigenvalue weighted by molar-refractivity contribution is 4.63. The molecule has 0 aliphatic rings. The first kappa shape index (κ1) is 11.9. The van der Waals surface area contributed by atoms with Gasteiger partial charge in [-0.3, -0.25) is 0 Å². The number of aliphatic hydroxyl groups is 2. The van der Waals surface area contributed by atoms with Crippen molar-refractivity contribution >= 4 is 0 Å². The second kappa shape index (κ2) is 6.40. The molecule has 0 fully saturated rings. The summed E-state index contributed by atoms with van der Waals surface area (Å²) in [5.74, 6) is 0. The van der Waals surface area contributed by atoms with Crippen LogP contribution in [0.2, 0.25) is 0 Å². The van der Waals surface area contributed by atoms with E-state index in [2.05, 4.69) is 0 Å². The van der Waals surface area contributed by atoms with E-state index in [1.165, 1.54) is 0 Å². The number of likely N-dealkylation sites (N-methyl/N-ethyl adjacent to an activating group) is 1. The molecule has 0 radical (unpaired) electrons. The van der Waals surface area contributed by atoms with Crippen molar-refractivity contribution in [2.24, 2.45) is 0 Å². The fourth-order valence-corrected chi connectivity index (χ4v) is 1.05. The number of aliphatic hydroxyl groups excluding tert-OH is 2. The highest BCUT2D eigenvalue weighted by Crippen LogP contribution is 1.97. The Kier molecular flexibility index (Phi) is 6.34. The van der Waals surface area contributed by atoms with Crippen molar-refractivity contribution in [1.82, 2.24) is 4.90 Å². The van der Waals surface area contributed by atoms with E-state index in [0.29, 0.717) is 13.1 Å². The van der Waals surface area contributed by atoms with E-state index in [-0.39, 0.29) is 12.2 Å². The summed E-state index contributed by atoms with van der Waals surface area (Å²) in [6.07, 6.45) is 1.01. The fraction of sp³-hybridized carbons (Fsp3) is 1.00. The Balaban J connectivity index is 3.51. The van der Waals surface area contributed by atoms with Crippen LogP contribution < -0.4 is 0 Å². The molecule has 0 aromatic heterocycles. The molecule has 0 saturated heterocycles. The van der Waals surface area contributed by atoms with Crippen molar-refractivity contribution in [1.29, 1.82) is 0 Å². The summed E-state index contributed by atoms with van der Waals surface area (Å²) >= 11 is 0. The molecule has 0 heterocycles. The Bertz CT molecular complexity index is 96.7. The average Bonchev–Trinajstić information content (AvgIpc) is 2.03. The fourth-order valence-electron chi connectivity index (χ4n) is 1.05. The molecule has 0 aromatic carbocycles. The van der Waals surface area contributed by atoms with Crippen molar-refractivity contribution in [2.45, 2.75) is 38.9 Å². The molecular weight excluding hydrogens is 154 g/mol. The van der Waals surface area contributed by atoms with Gasteiger partial charge in [0.05, 0.1) is 12.2 Å². The van der Waals surface area contributed by atoms with Gasteiger partial charge in [-0.25, -0.2) is 0 Å². The maximum Gasteiger partial charge on any atom is 0.0664 e. The van der Waals surface area contributed by atoms with Crippen LogP contribution in [0.25, 0.3) is 0 Å². The van der Waals surface area contributed by atoms with Gasteiger partial charge in [0, 0.05) is 13.1 Å². The zero-order valence-electron chi connectivity index (χ0n) is 8.32. The molecular formula is C9H21NO2. The predicted octanol–water partition coefficient (Wildman–Crippen LogP) is 0.460. The maximum atomic E-state index is 9.29. The molecule has 2 N–H and O–H groups in total. The molecule has 0 amide bonds. The monoisotopic (exact) mass is 175 g/mol. The highest BCUT2D eigenvalue weighted by Gasteiger charge is 2.09.